The van der Waals surface area contributed by atoms with Crippen molar-refractivity contribution in [2.45, 2.75) is 70.8 Å². The molecule has 0 aliphatic carbocycles. The lowest BCUT2D eigenvalue weighted by Crippen LogP contribution is -2.37. The second kappa shape index (κ2) is 8.88. The number of hydrogen-bond donors (Lipinski definition) is 1. The Kier molecular flexibility index (Phi) is 7.32. The molecule has 2 aliphatic rings. The minimum Gasteiger partial charge on any atom is -0.384 e. The van der Waals surface area contributed by atoms with Crippen LogP contribution in [0.3, 0.4) is 0 Å². The lowest BCUT2D eigenvalue weighted by Gasteiger charge is -2.34. The van der Waals surface area contributed by atoms with Crippen LogP contribution in [0.25, 0.3) is 0 Å². The molecule has 0 bridgehead atoms. The number of fused-ring (bicyclic) bond motifs is 1. The van der Waals surface area contributed by atoms with Gasteiger partial charge in [-0.25, -0.2) is 0 Å². The molecule has 150 valence electrons. The highest BCUT2D eigenvalue weighted by atomic mass is 32.2. The van der Waals surface area contributed by atoms with E-state index in [1.54, 1.807) is 0 Å². The highest BCUT2D eigenvalue weighted by Crippen LogP contribution is 2.43. The Labute approximate surface area is 164 Å². The van der Waals surface area contributed by atoms with Crippen LogP contribution in [-0.4, -0.2) is 47.3 Å². The number of rotatable bonds is 6. The van der Waals surface area contributed by atoms with Crippen molar-refractivity contribution in [2.75, 3.05) is 37.5 Å². The Hall–Kier alpha value is -0.870. The van der Waals surface area contributed by atoms with Gasteiger partial charge in [0.1, 0.15) is 0 Å². The normalized spacial score (nSPS) is 29.0. The molecule has 1 N–H and O–H groups in total. The van der Waals surface area contributed by atoms with Gasteiger partial charge in [0.05, 0.1) is 0 Å². The molecule has 3 nitrogen and oxygen atoms in total. The standard InChI is InChI=1S/C21H34N2OS.CH4.H2/c1-5-6-18(23(3)4)14-21(2)15-22-20-8-7-17(13-19(20)21)16-9-11-25(24)12-10-16;;/h7-8,13,16,18,22H,5-6,9-12,14-15H2,1-4H3;1H4;1H/t16?,18-,21?,25?;;/m1../s1. The molecule has 4 heteroatoms. The average molecular weight is 381 g/mol. The molecule has 0 amide bonds. The van der Waals surface area contributed by atoms with E-state index in [2.05, 4.69) is 56.4 Å². The molecule has 0 aromatic heterocycles. The maximum absolute atomic E-state index is 11.7. The van der Waals surface area contributed by atoms with Gasteiger partial charge >= 0.3 is 0 Å². The summed E-state index contributed by atoms with van der Waals surface area (Å²) in [5.41, 5.74) is 4.48. The number of nitrogens with zero attached hydrogens (tertiary/aromatic N) is 1. The second-order valence-electron chi connectivity index (χ2n) is 8.45. The zero-order chi connectivity index (χ0) is 18.0. The smallest absolute Gasteiger partial charge is 0.0379 e. The average Bonchev–Trinajstić information content (AvgIpc) is 2.92. The molecule has 0 spiro atoms. The van der Waals surface area contributed by atoms with Crippen LogP contribution in [0, 0.1) is 0 Å². The molecular formula is C22H40N2OS. The van der Waals surface area contributed by atoms with Gasteiger partial charge in [-0.3, -0.25) is 4.21 Å². The molecule has 0 saturated carbocycles. The minimum absolute atomic E-state index is 0. The molecule has 3 rings (SSSR count). The highest BCUT2D eigenvalue weighted by molar-refractivity contribution is 7.85. The summed E-state index contributed by atoms with van der Waals surface area (Å²) in [6, 6.07) is 7.67. The Morgan fingerprint density at radius 2 is 2.04 bits per heavy atom. The lowest BCUT2D eigenvalue weighted by molar-refractivity contribution is 0.224. The Morgan fingerprint density at radius 3 is 2.65 bits per heavy atom. The number of nitrogens with one attached hydrogen (secondary N) is 1. The van der Waals surface area contributed by atoms with Crippen molar-refractivity contribution in [3.05, 3.63) is 29.3 Å². The minimum atomic E-state index is -0.582. The van der Waals surface area contributed by atoms with Crippen LogP contribution in [0.2, 0.25) is 0 Å². The highest BCUT2D eigenvalue weighted by Gasteiger charge is 2.37. The summed E-state index contributed by atoms with van der Waals surface area (Å²) in [6.07, 6.45) is 5.84. The first-order valence-corrected chi connectivity index (χ1v) is 11.3. The van der Waals surface area contributed by atoms with E-state index in [1.807, 2.05) is 0 Å². The van der Waals surface area contributed by atoms with Gasteiger partial charge in [-0.05, 0) is 62.9 Å². The molecule has 1 fully saturated rings. The van der Waals surface area contributed by atoms with Crippen molar-refractivity contribution in [2.24, 2.45) is 0 Å². The number of benzene rings is 1. The van der Waals surface area contributed by atoms with E-state index in [0.29, 0.717) is 12.0 Å². The molecule has 2 atom stereocenters. The van der Waals surface area contributed by atoms with Crippen LogP contribution in [0.1, 0.15) is 71.8 Å². The molecule has 2 aliphatic heterocycles. The van der Waals surface area contributed by atoms with Crippen molar-refractivity contribution in [1.82, 2.24) is 4.90 Å². The second-order valence-corrected chi connectivity index (χ2v) is 10.1. The van der Waals surface area contributed by atoms with Gasteiger partial charge in [0.2, 0.25) is 0 Å². The van der Waals surface area contributed by atoms with Gasteiger partial charge in [-0.15, -0.1) is 0 Å². The molecule has 2 heterocycles. The van der Waals surface area contributed by atoms with Crippen LogP contribution in [0.5, 0.6) is 0 Å². The van der Waals surface area contributed by atoms with E-state index in [1.165, 1.54) is 36.1 Å². The van der Waals surface area contributed by atoms with Gasteiger partial charge in [0, 0.05) is 47.4 Å². The van der Waals surface area contributed by atoms with E-state index in [4.69, 9.17) is 0 Å². The van der Waals surface area contributed by atoms with Crippen molar-refractivity contribution in [3.8, 4) is 0 Å². The summed E-state index contributed by atoms with van der Waals surface area (Å²) in [5.74, 6) is 2.33. The molecule has 1 aromatic rings. The van der Waals surface area contributed by atoms with Crippen LogP contribution in [-0.2, 0) is 16.2 Å². The summed E-state index contributed by atoms with van der Waals surface area (Å²) < 4.78 is 11.7. The van der Waals surface area contributed by atoms with Gasteiger partial charge in [0.15, 0.2) is 0 Å². The Balaban J connectivity index is 0.00000182. The first kappa shape index (κ1) is 21.4. The van der Waals surface area contributed by atoms with E-state index >= 15 is 0 Å². The molecular weight excluding hydrogens is 340 g/mol. The Bertz CT molecular complexity index is 627. The zero-order valence-electron chi connectivity index (χ0n) is 16.3. The van der Waals surface area contributed by atoms with Crippen molar-refractivity contribution < 1.29 is 5.64 Å². The summed E-state index contributed by atoms with van der Waals surface area (Å²) >= 11 is 0. The summed E-state index contributed by atoms with van der Waals surface area (Å²) in [7, 11) is 3.85. The van der Waals surface area contributed by atoms with E-state index in [-0.39, 0.29) is 14.3 Å². The molecule has 1 unspecified atom stereocenters. The predicted molar refractivity (Wildman–Crippen MR) is 118 cm³/mol. The van der Waals surface area contributed by atoms with E-state index < -0.39 is 10.8 Å². The summed E-state index contributed by atoms with van der Waals surface area (Å²) in [5, 5.41) is 3.65. The van der Waals surface area contributed by atoms with Gasteiger partial charge in [-0.2, -0.15) is 0 Å². The van der Waals surface area contributed by atoms with Gasteiger partial charge in [-0.1, -0.05) is 39.8 Å². The SMILES string of the molecule is C.CCC[C@H](CC1(C)CNc2ccc(C3CCS(=O)CC3)cc21)N(C)C.[HH]. The number of hydrogen-bond acceptors (Lipinski definition) is 3. The molecule has 1 saturated heterocycles. The van der Waals surface area contributed by atoms with E-state index in [9.17, 15) is 4.21 Å². The first-order chi connectivity index (χ1) is 11.9. The predicted octanol–water partition coefficient (Wildman–Crippen LogP) is 5.00. The zero-order valence-corrected chi connectivity index (χ0v) is 17.1. The fourth-order valence-electron chi connectivity index (χ4n) is 4.56. The maximum Gasteiger partial charge on any atom is 0.0379 e. The summed E-state index contributed by atoms with van der Waals surface area (Å²) in [4.78, 5) is 2.40. The fraction of sp³-hybridized carbons (Fsp3) is 0.727. The number of anilines is 1. The van der Waals surface area contributed by atoms with Crippen molar-refractivity contribution in [1.29, 1.82) is 0 Å². The van der Waals surface area contributed by atoms with Crippen molar-refractivity contribution in [3.63, 3.8) is 0 Å². The maximum atomic E-state index is 11.7. The third kappa shape index (κ3) is 4.51. The first-order valence-electron chi connectivity index (χ1n) is 9.82. The molecule has 26 heavy (non-hydrogen) atoms. The van der Waals surface area contributed by atoms with Crippen LogP contribution >= 0.6 is 0 Å². The topological polar surface area (TPSA) is 32.3 Å². The molecule has 0 radical (unpaired) electrons. The fourth-order valence-corrected chi connectivity index (χ4v) is 5.86. The quantitative estimate of drug-likeness (QED) is 0.754. The lowest BCUT2D eigenvalue weighted by atomic mass is 9.76. The van der Waals surface area contributed by atoms with Crippen molar-refractivity contribution >= 4 is 16.5 Å². The Morgan fingerprint density at radius 1 is 1.35 bits per heavy atom. The van der Waals surface area contributed by atoms with Crippen LogP contribution < -0.4 is 5.32 Å². The summed E-state index contributed by atoms with van der Waals surface area (Å²) in [6.45, 7) is 5.75. The largest absolute Gasteiger partial charge is 0.384 e. The third-order valence-electron chi connectivity index (χ3n) is 6.26. The third-order valence-corrected chi connectivity index (χ3v) is 7.64. The molecule has 1 aromatic carbocycles. The van der Waals surface area contributed by atoms with Gasteiger partial charge < -0.3 is 10.2 Å². The monoisotopic (exact) mass is 380 g/mol. The van der Waals surface area contributed by atoms with E-state index in [0.717, 1.165) is 30.9 Å². The van der Waals surface area contributed by atoms with Crippen LogP contribution in [0.15, 0.2) is 18.2 Å². The van der Waals surface area contributed by atoms with Crippen LogP contribution in [0.4, 0.5) is 5.69 Å². The van der Waals surface area contributed by atoms with Gasteiger partial charge in [0.25, 0.3) is 0 Å².